The first-order valence-electron chi connectivity index (χ1n) is 10.1. The molecule has 1 heterocycles. The fraction of sp³-hybridized carbons (Fsp3) is 0.250. The van der Waals surface area contributed by atoms with Crippen LogP contribution in [-0.2, 0) is 14.3 Å². The van der Waals surface area contributed by atoms with Crippen molar-refractivity contribution in [1.29, 1.82) is 0 Å². The first-order valence-corrected chi connectivity index (χ1v) is 10.5. The van der Waals surface area contributed by atoms with Gasteiger partial charge in [-0.05, 0) is 36.5 Å². The van der Waals surface area contributed by atoms with Crippen LogP contribution in [0.4, 0.5) is 5.69 Å². The minimum Gasteiger partial charge on any atom is -0.466 e. The number of allylic oxidation sites excluding steroid dienone is 3. The fourth-order valence-corrected chi connectivity index (χ4v) is 4.89. The molecule has 0 aromatic heterocycles. The first kappa shape index (κ1) is 21.8. The van der Waals surface area contributed by atoms with E-state index in [2.05, 4.69) is 5.32 Å². The number of hydrogen-bond donors (Lipinski definition) is 1. The molecule has 1 aliphatic carbocycles. The van der Waals surface area contributed by atoms with Crippen molar-refractivity contribution in [3.63, 3.8) is 0 Å². The van der Waals surface area contributed by atoms with Gasteiger partial charge in [0.1, 0.15) is 0 Å². The van der Waals surface area contributed by atoms with E-state index in [1.165, 1.54) is 19.2 Å². The van der Waals surface area contributed by atoms with Crippen molar-refractivity contribution in [3.8, 4) is 0 Å². The zero-order valence-corrected chi connectivity index (χ0v) is 18.3. The number of dihydropyridines is 1. The van der Waals surface area contributed by atoms with Crippen LogP contribution in [0, 0.1) is 10.1 Å². The molecule has 0 amide bonds. The van der Waals surface area contributed by atoms with E-state index in [4.69, 9.17) is 16.3 Å². The molecule has 8 heteroatoms. The molecule has 2 aliphatic rings. The lowest BCUT2D eigenvalue weighted by atomic mass is 9.71. The molecule has 164 valence electrons. The van der Waals surface area contributed by atoms with E-state index in [0.29, 0.717) is 34.0 Å². The third kappa shape index (κ3) is 3.80. The Morgan fingerprint density at radius 2 is 1.94 bits per heavy atom. The van der Waals surface area contributed by atoms with Gasteiger partial charge < -0.3 is 10.1 Å². The molecule has 7 nitrogen and oxygen atoms in total. The van der Waals surface area contributed by atoms with Crippen molar-refractivity contribution in [2.24, 2.45) is 0 Å². The number of methoxy groups -OCH3 is 1. The number of halogens is 1. The number of ether oxygens (including phenoxy) is 1. The van der Waals surface area contributed by atoms with E-state index >= 15 is 0 Å². The van der Waals surface area contributed by atoms with Gasteiger partial charge in [0.15, 0.2) is 5.78 Å². The van der Waals surface area contributed by atoms with Crippen LogP contribution in [0.1, 0.15) is 42.7 Å². The number of nitrogens with one attached hydrogen (secondary N) is 1. The van der Waals surface area contributed by atoms with Gasteiger partial charge in [0.05, 0.1) is 17.6 Å². The molecule has 2 atom stereocenters. The molecule has 2 aromatic rings. The zero-order chi connectivity index (χ0) is 23.0. The van der Waals surface area contributed by atoms with Crippen LogP contribution in [0.15, 0.2) is 71.1 Å². The molecule has 0 bridgehead atoms. The first-order chi connectivity index (χ1) is 15.3. The van der Waals surface area contributed by atoms with Gasteiger partial charge in [-0.25, -0.2) is 4.79 Å². The highest BCUT2D eigenvalue weighted by Gasteiger charge is 2.41. The summed E-state index contributed by atoms with van der Waals surface area (Å²) in [7, 11) is 1.27. The Labute approximate surface area is 189 Å². The summed E-state index contributed by atoms with van der Waals surface area (Å²) >= 11 is 6.38. The van der Waals surface area contributed by atoms with Crippen molar-refractivity contribution < 1.29 is 19.2 Å². The van der Waals surface area contributed by atoms with Crippen LogP contribution in [-0.4, -0.2) is 23.8 Å². The highest BCUT2D eigenvalue weighted by atomic mass is 35.5. The second-order valence-corrected chi connectivity index (χ2v) is 8.29. The Kier molecular flexibility index (Phi) is 5.84. The van der Waals surface area contributed by atoms with Gasteiger partial charge in [0, 0.05) is 46.5 Å². The normalized spacial score (nSPS) is 20.5. The number of nitro groups is 1. The molecule has 32 heavy (non-hydrogen) atoms. The number of carbonyl (C=O) groups excluding carboxylic acids is 2. The maximum Gasteiger partial charge on any atom is 0.336 e. The van der Waals surface area contributed by atoms with Gasteiger partial charge in [0.2, 0.25) is 0 Å². The zero-order valence-electron chi connectivity index (χ0n) is 17.6. The van der Waals surface area contributed by atoms with E-state index in [-0.39, 0.29) is 29.4 Å². The minimum absolute atomic E-state index is 0.109. The topological polar surface area (TPSA) is 98.5 Å². The van der Waals surface area contributed by atoms with E-state index < -0.39 is 16.8 Å². The van der Waals surface area contributed by atoms with Gasteiger partial charge in [-0.3, -0.25) is 14.9 Å². The van der Waals surface area contributed by atoms with E-state index in [1.807, 2.05) is 18.2 Å². The highest BCUT2D eigenvalue weighted by molar-refractivity contribution is 6.31. The second-order valence-electron chi connectivity index (χ2n) is 7.88. The SMILES string of the molecule is COC(=O)C1=C(C)NC2=C(C(=O)C[C@H](c3ccccc3Cl)C2)[C@H]1c1cccc([N+](=O)[O-])c1. The van der Waals surface area contributed by atoms with Gasteiger partial charge in [-0.2, -0.15) is 0 Å². The number of Topliss-reactive ketones (excluding diaryl/α,β-unsaturated/α-hetero) is 1. The minimum atomic E-state index is -0.752. The summed E-state index contributed by atoms with van der Waals surface area (Å²) in [6.45, 7) is 1.74. The standard InChI is InChI=1S/C24H21ClN2O5/c1-13-21(24(29)32-2)22(14-6-5-7-16(10-14)27(30)31)23-19(26-13)11-15(12-20(23)28)17-8-3-4-9-18(17)25/h3-10,15,22,26H,11-12H2,1-2H3/t15-,22+/m1/s1. The maximum atomic E-state index is 13.4. The van der Waals surface area contributed by atoms with E-state index in [1.54, 1.807) is 25.1 Å². The van der Waals surface area contributed by atoms with Crippen LogP contribution in [0.5, 0.6) is 0 Å². The monoisotopic (exact) mass is 452 g/mol. The quantitative estimate of drug-likeness (QED) is 0.407. The van der Waals surface area contributed by atoms with Crippen molar-refractivity contribution in [2.75, 3.05) is 7.11 Å². The van der Waals surface area contributed by atoms with Gasteiger partial charge in [-0.15, -0.1) is 0 Å². The Morgan fingerprint density at radius 3 is 2.62 bits per heavy atom. The number of nitrogens with zero attached hydrogens (tertiary/aromatic N) is 1. The molecule has 4 rings (SSSR count). The van der Waals surface area contributed by atoms with Crippen molar-refractivity contribution >= 4 is 29.0 Å². The lowest BCUT2D eigenvalue weighted by Crippen LogP contribution is -2.36. The van der Waals surface area contributed by atoms with Crippen LogP contribution in [0.2, 0.25) is 5.02 Å². The van der Waals surface area contributed by atoms with Crippen LogP contribution in [0.3, 0.4) is 0 Å². The third-order valence-electron chi connectivity index (χ3n) is 5.99. The number of carbonyl (C=O) groups is 2. The number of ketones is 1. The van der Waals surface area contributed by atoms with Crippen molar-refractivity contribution in [1.82, 2.24) is 5.32 Å². The van der Waals surface area contributed by atoms with Crippen molar-refractivity contribution in [2.45, 2.75) is 31.6 Å². The van der Waals surface area contributed by atoms with Gasteiger partial charge in [-0.1, -0.05) is 41.9 Å². The molecular formula is C24H21ClN2O5. The number of rotatable bonds is 4. The lowest BCUT2D eigenvalue weighted by Gasteiger charge is -2.36. The predicted octanol–water partition coefficient (Wildman–Crippen LogP) is 4.78. The van der Waals surface area contributed by atoms with Crippen LogP contribution in [0.25, 0.3) is 0 Å². The summed E-state index contributed by atoms with van der Waals surface area (Å²) in [5, 5.41) is 15.2. The van der Waals surface area contributed by atoms with Crippen LogP contribution < -0.4 is 5.32 Å². The molecule has 0 spiro atoms. The Hall–Kier alpha value is -3.45. The Balaban J connectivity index is 1.85. The average Bonchev–Trinajstić information content (AvgIpc) is 2.77. The van der Waals surface area contributed by atoms with Crippen LogP contribution >= 0.6 is 11.6 Å². The van der Waals surface area contributed by atoms with E-state index in [9.17, 15) is 19.7 Å². The molecule has 0 unspecified atom stereocenters. The second kappa shape index (κ2) is 8.59. The number of benzene rings is 2. The third-order valence-corrected chi connectivity index (χ3v) is 6.34. The predicted molar refractivity (Wildman–Crippen MR) is 119 cm³/mol. The molecule has 2 aromatic carbocycles. The number of nitro benzene ring substituents is 1. The summed E-state index contributed by atoms with van der Waals surface area (Å²) < 4.78 is 4.99. The van der Waals surface area contributed by atoms with Gasteiger partial charge in [0.25, 0.3) is 5.69 Å². The molecule has 0 saturated heterocycles. The summed E-state index contributed by atoms with van der Waals surface area (Å²) in [5.74, 6) is -1.58. The molecule has 0 radical (unpaired) electrons. The number of non-ortho nitro benzene ring substituents is 1. The number of hydrogen-bond acceptors (Lipinski definition) is 6. The Morgan fingerprint density at radius 1 is 1.19 bits per heavy atom. The van der Waals surface area contributed by atoms with E-state index in [0.717, 1.165) is 5.56 Å². The largest absolute Gasteiger partial charge is 0.466 e. The summed E-state index contributed by atoms with van der Waals surface area (Å²) in [6.07, 6.45) is 0.755. The summed E-state index contributed by atoms with van der Waals surface area (Å²) in [5.41, 5.74) is 3.26. The Bertz CT molecular complexity index is 1200. The molecule has 1 aliphatic heterocycles. The summed E-state index contributed by atoms with van der Waals surface area (Å²) in [6, 6.07) is 13.5. The smallest absolute Gasteiger partial charge is 0.336 e. The highest BCUT2D eigenvalue weighted by Crippen LogP contribution is 2.46. The van der Waals surface area contributed by atoms with Crippen molar-refractivity contribution in [3.05, 3.63) is 97.3 Å². The fourth-order valence-electron chi connectivity index (χ4n) is 4.60. The maximum absolute atomic E-state index is 13.4. The summed E-state index contributed by atoms with van der Waals surface area (Å²) in [4.78, 5) is 37.0. The average molecular weight is 453 g/mol. The molecule has 1 N–H and O–H groups in total. The lowest BCUT2D eigenvalue weighted by molar-refractivity contribution is -0.384. The molecular weight excluding hydrogens is 432 g/mol. The van der Waals surface area contributed by atoms with Gasteiger partial charge >= 0.3 is 5.97 Å². The number of esters is 1. The molecule has 0 fully saturated rings. The molecule has 0 saturated carbocycles.